The van der Waals surface area contributed by atoms with E-state index in [-0.39, 0.29) is 18.4 Å². The Morgan fingerprint density at radius 1 is 1.53 bits per heavy atom. The van der Waals surface area contributed by atoms with Gasteiger partial charge in [-0.05, 0) is 13.0 Å². The third-order valence-corrected chi connectivity index (χ3v) is 3.06. The Balaban J connectivity index is 2.16. The zero-order valence-electron chi connectivity index (χ0n) is 9.93. The second-order valence-electron chi connectivity index (χ2n) is 4.04. The molecule has 17 heavy (non-hydrogen) atoms. The number of para-hydroxylation sites is 1. The van der Waals surface area contributed by atoms with Crippen LogP contribution in [-0.4, -0.2) is 42.2 Å². The second kappa shape index (κ2) is 5.19. The normalized spacial score (nSPS) is 17.4. The summed E-state index contributed by atoms with van der Waals surface area (Å²) >= 11 is 0. The number of rotatable bonds is 4. The van der Waals surface area contributed by atoms with Crippen LogP contribution in [0.15, 0.2) is 24.3 Å². The molecule has 1 aromatic rings. The minimum absolute atomic E-state index is 0.00515. The van der Waals surface area contributed by atoms with Crippen molar-refractivity contribution in [1.29, 1.82) is 0 Å². The molecule has 0 saturated carbocycles. The number of likely N-dealkylation sites (N-methyl/N-ethyl adjacent to an activating group) is 1. The van der Waals surface area contributed by atoms with E-state index in [1.54, 1.807) is 4.90 Å². The first-order valence-electron chi connectivity index (χ1n) is 5.89. The smallest absolute Gasteiger partial charge is 0.233 e. The quantitative estimate of drug-likeness (QED) is 0.847. The van der Waals surface area contributed by atoms with Gasteiger partial charge in [0.25, 0.3) is 0 Å². The fraction of sp³-hybridized carbons (Fsp3) is 0.462. The zero-order valence-corrected chi connectivity index (χ0v) is 9.93. The van der Waals surface area contributed by atoms with Gasteiger partial charge in [-0.1, -0.05) is 18.2 Å². The van der Waals surface area contributed by atoms with Gasteiger partial charge in [0.15, 0.2) is 0 Å². The molecule has 1 aromatic carbocycles. The number of ether oxygens (including phenoxy) is 1. The zero-order chi connectivity index (χ0) is 12.3. The Morgan fingerprint density at radius 3 is 3.00 bits per heavy atom. The summed E-state index contributed by atoms with van der Waals surface area (Å²) < 4.78 is 5.50. The van der Waals surface area contributed by atoms with Crippen molar-refractivity contribution < 1.29 is 14.6 Å². The van der Waals surface area contributed by atoms with Crippen LogP contribution < -0.4 is 4.74 Å². The van der Waals surface area contributed by atoms with Gasteiger partial charge in [-0.15, -0.1) is 0 Å². The van der Waals surface area contributed by atoms with Gasteiger partial charge in [0, 0.05) is 18.7 Å². The van der Waals surface area contributed by atoms with Crippen LogP contribution >= 0.6 is 0 Å². The number of carbonyl (C=O) groups excluding carboxylic acids is 1. The molecule has 1 aliphatic heterocycles. The molecule has 1 unspecified atom stereocenters. The van der Waals surface area contributed by atoms with E-state index in [1.165, 1.54) is 0 Å². The number of nitrogens with zero attached hydrogens (tertiary/aromatic N) is 1. The summed E-state index contributed by atoms with van der Waals surface area (Å²) in [5.41, 5.74) is 0.953. The number of benzene rings is 1. The SMILES string of the molecule is CCN(CCO)C(=O)C1COc2ccccc21. The van der Waals surface area contributed by atoms with E-state index in [0.717, 1.165) is 11.3 Å². The standard InChI is InChI=1S/C13H17NO3/c1-2-14(7-8-15)13(16)11-9-17-12-6-4-3-5-10(11)12/h3-6,11,15H,2,7-9H2,1H3. The summed E-state index contributed by atoms with van der Waals surface area (Å²) in [6.45, 7) is 3.30. The Bertz CT molecular complexity index is 405. The van der Waals surface area contributed by atoms with Crippen molar-refractivity contribution in [3.8, 4) is 5.75 Å². The molecule has 1 N–H and O–H groups in total. The lowest BCUT2D eigenvalue weighted by molar-refractivity contribution is -0.133. The lowest BCUT2D eigenvalue weighted by Crippen LogP contribution is -2.37. The average molecular weight is 235 g/mol. The summed E-state index contributed by atoms with van der Waals surface area (Å²) in [7, 11) is 0. The Labute approximate surface area is 101 Å². The van der Waals surface area contributed by atoms with Gasteiger partial charge in [0.2, 0.25) is 5.91 Å². The molecule has 92 valence electrons. The van der Waals surface area contributed by atoms with E-state index in [1.807, 2.05) is 31.2 Å². The van der Waals surface area contributed by atoms with E-state index in [2.05, 4.69) is 0 Å². The number of carbonyl (C=O) groups is 1. The molecule has 0 aromatic heterocycles. The van der Waals surface area contributed by atoms with Crippen LogP contribution in [0.5, 0.6) is 5.75 Å². The molecule has 0 aliphatic carbocycles. The Kier molecular flexibility index (Phi) is 3.64. The summed E-state index contributed by atoms with van der Waals surface area (Å²) in [6, 6.07) is 7.62. The van der Waals surface area contributed by atoms with Gasteiger partial charge in [-0.25, -0.2) is 0 Å². The van der Waals surface area contributed by atoms with Crippen LogP contribution in [-0.2, 0) is 4.79 Å². The summed E-state index contributed by atoms with van der Waals surface area (Å²) in [5.74, 6) is 0.607. The number of fused-ring (bicyclic) bond motifs is 1. The highest BCUT2D eigenvalue weighted by Crippen LogP contribution is 2.34. The fourth-order valence-corrected chi connectivity index (χ4v) is 2.13. The third kappa shape index (κ3) is 2.26. The minimum Gasteiger partial charge on any atom is -0.492 e. The molecule has 0 spiro atoms. The van der Waals surface area contributed by atoms with Gasteiger partial charge >= 0.3 is 0 Å². The van der Waals surface area contributed by atoms with Crippen molar-refractivity contribution in [2.45, 2.75) is 12.8 Å². The van der Waals surface area contributed by atoms with Crippen LogP contribution in [0, 0.1) is 0 Å². The predicted molar refractivity (Wildman–Crippen MR) is 64.0 cm³/mol. The van der Waals surface area contributed by atoms with Gasteiger partial charge < -0.3 is 14.7 Å². The molecule has 1 amide bonds. The van der Waals surface area contributed by atoms with Gasteiger partial charge in [0.05, 0.1) is 6.61 Å². The number of aliphatic hydroxyl groups excluding tert-OH is 1. The molecule has 0 fully saturated rings. The topological polar surface area (TPSA) is 49.8 Å². The lowest BCUT2D eigenvalue weighted by Gasteiger charge is -2.22. The van der Waals surface area contributed by atoms with Crippen molar-refractivity contribution in [2.24, 2.45) is 0 Å². The van der Waals surface area contributed by atoms with Gasteiger partial charge in [-0.2, -0.15) is 0 Å². The van der Waals surface area contributed by atoms with Crippen molar-refractivity contribution in [3.05, 3.63) is 29.8 Å². The first-order chi connectivity index (χ1) is 8.27. The van der Waals surface area contributed by atoms with E-state index in [0.29, 0.717) is 19.7 Å². The maximum Gasteiger partial charge on any atom is 0.233 e. The second-order valence-corrected chi connectivity index (χ2v) is 4.04. The van der Waals surface area contributed by atoms with Crippen LogP contribution in [0.4, 0.5) is 0 Å². The minimum atomic E-state index is -0.224. The Hall–Kier alpha value is -1.55. The highest BCUT2D eigenvalue weighted by molar-refractivity contribution is 5.85. The molecule has 0 radical (unpaired) electrons. The first kappa shape index (κ1) is 11.9. The van der Waals surface area contributed by atoms with E-state index in [4.69, 9.17) is 9.84 Å². The predicted octanol–water partition coefficient (Wildman–Crippen LogP) is 1.00. The summed E-state index contributed by atoms with van der Waals surface area (Å²) in [4.78, 5) is 13.9. The molecule has 4 heteroatoms. The molecule has 1 heterocycles. The average Bonchev–Trinajstić information content (AvgIpc) is 2.79. The monoisotopic (exact) mass is 235 g/mol. The van der Waals surface area contributed by atoms with Gasteiger partial charge in [0.1, 0.15) is 18.3 Å². The summed E-state index contributed by atoms with van der Waals surface area (Å²) in [5, 5.41) is 8.93. The molecular weight excluding hydrogens is 218 g/mol. The molecule has 1 atom stereocenters. The highest BCUT2D eigenvalue weighted by atomic mass is 16.5. The van der Waals surface area contributed by atoms with E-state index < -0.39 is 0 Å². The van der Waals surface area contributed by atoms with Crippen molar-refractivity contribution in [3.63, 3.8) is 0 Å². The Morgan fingerprint density at radius 2 is 2.29 bits per heavy atom. The largest absolute Gasteiger partial charge is 0.492 e. The van der Waals surface area contributed by atoms with Crippen molar-refractivity contribution in [2.75, 3.05) is 26.3 Å². The fourth-order valence-electron chi connectivity index (χ4n) is 2.13. The van der Waals surface area contributed by atoms with Crippen LogP contribution in [0.3, 0.4) is 0 Å². The molecule has 4 nitrogen and oxygen atoms in total. The molecule has 1 aliphatic rings. The number of aliphatic hydroxyl groups is 1. The maximum absolute atomic E-state index is 12.3. The van der Waals surface area contributed by atoms with Gasteiger partial charge in [-0.3, -0.25) is 4.79 Å². The first-order valence-corrected chi connectivity index (χ1v) is 5.89. The molecule has 0 bridgehead atoms. The molecule has 0 saturated heterocycles. The number of hydrogen-bond donors (Lipinski definition) is 1. The summed E-state index contributed by atoms with van der Waals surface area (Å²) in [6.07, 6.45) is 0. The number of amides is 1. The van der Waals surface area contributed by atoms with Crippen LogP contribution in [0.1, 0.15) is 18.4 Å². The third-order valence-electron chi connectivity index (χ3n) is 3.06. The van der Waals surface area contributed by atoms with E-state index in [9.17, 15) is 4.79 Å². The van der Waals surface area contributed by atoms with Crippen LogP contribution in [0.25, 0.3) is 0 Å². The molecular formula is C13H17NO3. The molecule has 2 rings (SSSR count). The lowest BCUT2D eigenvalue weighted by atomic mass is 10.00. The van der Waals surface area contributed by atoms with E-state index >= 15 is 0 Å². The van der Waals surface area contributed by atoms with Crippen LogP contribution in [0.2, 0.25) is 0 Å². The maximum atomic E-state index is 12.3. The highest BCUT2D eigenvalue weighted by Gasteiger charge is 2.32. The van der Waals surface area contributed by atoms with Crippen molar-refractivity contribution >= 4 is 5.91 Å². The number of hydrogen-bond acceptors (Lipinski definition) is 3. The van der Waals surface area contributed by atoms with Crippen molar-refractivity contribution in [1.82, 2.24) is 4.90 Å².